The number of fused-ring (bicyclic) bond motifs is 1. The van der Waals surface area contributed by atoms with Gasteiger partial charge in [0.05, 0.1) is 0 Å². The number of hydrogen-bond donors (Lipinski definition) is 1. The number of amides is 1. The van der Waals surface area contributed by atoms with Crippen LogP contribution >= 0.6 is 0 Å². The Labute approximate surface area is 151 Å². The van der Waals surface area contributed by atoms with Crippen LogP contribution in [0.5, 0.6) is 0 Å². The van der Waals surface area contributed by atoms with Crippen molar-refractivity contribution in [1.82, 2.24) is 9.80 Å². The summed E-state index contributed by atoms with van der Waals surface area (Å²) in [6, 6.07) is 4.88. The third kappa shape index (κ3) is 4.27. The summed E-state index contributed by atoms with van der Waals surface area (Å²) in [5, 5.41) is 0. The van der Waals surface area contributed by atoms with Gasteiger partial charge in [-0.3, -0.25) is 4.90 Å². The predicted molar refractivity (Wildman–Crippen MR) is 101 cm³/mol. The number of rotatable bonds is 1. The van der Waals surface area contributed by atoms with Crippen molar-refractivity contribution < 1.29 is 9.53 Å². The van der Waals surface area contributed by atoms with Crippen molar-refractivity contribution in [3.63, 3.8) is 0 Å². The van der Waals surface area contributed by atoms with Gasteiger partial charge in [-0.15, -0.1) is 0 Å². The highest BCUT2D eigenvalue weighted by Crippen LogP contribution is 2.29. The largest absolute Gasteiger partial charge is 0.444 e. The quantitative estimate of drug-likeness (QED) is 0.793. The van der Waals surface area contributed by atoms with Crippen LogP contribution in [0.15, 0.2) is 12.1 Å². The van der Waals surface area contributed by atoms with Gasteiger partial charge in [-0.1, -0.05) is 6.07 Å². The van der Waals surface area contributed by atoms with Gasteiger partial charge < -0.3 is 15.4 Å². The van der Waals surface area contributed by atoms with Crippen LogP contribution in [-0.4, -0.2) is 47.2 Å². The number of nitrogens with two attached hydrogens (primary N) is 1. The van der Waals surface area contributed by atoms with E-state index in [2.05, 4.69) is 24.0 Å². The molecule has 5 nitrogen and oxygen atoms in total. The Hall–Kier alpha value is -1.75. The number of piperidine rings is 1. The topological polar surface area (TPSA) is 58.8 Å². The van der Waals surface area contributed by atoms with Gasteiger partial charge in [0.15, 0.2) is 0 Å². The summed E-state index contributed by atoms with van der Waals surface area (Å²) in [6.45, 7) is 11.4. The molecule has 0 aliphatic carbocycles. The molecule has 25 heavy (non-hydrogen) atoms. The first-order chi connectivity index (χ1) is 11.7. The van der Waals surface area contributed by atoms with E-state index in [4.69, 9.17) is 10.5 Å². The fraction of sp³-hybridized carbons (Fsp3) is 0.650. The second-order valence-electron chi connectivity index (χ2n) is 8.41. The van der Waals surface area contributed by atoms with Crippen molar-refractivity contribution >= 4 is 11.8 Å². The molecule has 0 saturated carbocycles. The zero-order valence-electron chi connectivity index (χ0n) is 16.0. The van der Waals surface area contributed by atoms with Gasteiger partial charge in [0, 0.05) is 37.9 Å². The number of aryl methyl sites for hydroxylation is 1. The van der Waals surface area contributed by atoms with Crippen molar-refractivity contribution in [3.8, 4) is 0 Å². The molecular formula is C20H31N3O2. The van der Waals surface area contributed by atoms with Crippen LogP contribution in [0.2, 0.25) is 0 Å². The van der Waals surface area contributed by atoms with Gasteiger partial charge >= 0.3 is 6.09 Å². The Morgan fingerprint density at radius 1 is 1.20 bits per heavy atom. The lowest BCUT2D eigenvalue weighted by atomic mass is 9.93. The zero-order valence-corrected chi connectivity index (χ0v) is 16.0. The Bertz CT molecular complexity index is 643. The van der Waals surface area contributed by atoms with Crippen LogP contribution < -0.4 is 5.73 Å². The highest BCUT2D eigenvalue weighted by atomic mass is 16.6. The first-order valence-corrected chi connectivity index (χ1v) is 9.33. The van der Waals surface area contributed by atoms with Gasteiger partial charge in [-0.2, -0.15) is 0 Å². The normalized spacial score (nSPS) is 19.6. The van der Waals surface area contributed by atoms with Crippen LogP contribution in [0.3, 0.4) is 0 Å². The third-order valence-electron chi connectivity index (χ3n) is 5.18. The highest BCUT2D eigenvalue weighted by Gasteiger charge is 2.31. The molecule has 0 spiro atoms. The monoisotopic (exact) mass is 345 g/mol. The van der Waals surface area contributed by atoms with E-state index >= 15 is 0 Å². The van der Waals surface area contributed by atoms with Crippen molar-refractivity contribution in [2.75, 3.05) is 25.4 Å². The van der Waals surface area contributed by atoms with Crippen molar-refractivity contribution in [2.45, 2.75) is 65.1 Å². The Balaban J connectivity index is 1.58. The minimum Gasteiger partial charge on any atom is -0.444 e. The fourth-order valence-electron chi connectivity index (χ4n) is 3.97. The van der Waals surface area contributed by atoms with Gasteiger partial charge in [0.25, 0.3) is 0 Å². The highest BCUT2D eigenvalue weighted by molar-refractivity contribution is 5.68. The van der Waals surface area contributed by atoms with E-state index in [0.29, 0.717) is 6.04 Å². The average molecular weight is 345 g/mol. The maximum atomic E-state index is 12.2. The Kier molecular flexibility index (Phi) is 4.96. The summed E-state index contributed by atoms with van der Waals surface area (Å²) in [6.07, 6.45) is 2.86. The maximum absolute atomic E-state index is 12.2. The molecule has 0 atom stereocenters. The minimum absolute atomic E-state index is 0.182. The summed E-state index contributed by atoms with van der Waals surface area (Å²) in [5.74, 6) is 0. The smallest absolute Gasteiger partial charge is 0.410 e. The molecule has 5 heteroatoms. The summed E-state index contributed by atoms with van der Waals surface area (Å²) in [7, 11) is 0. The standard InChI is InChI=1S/C20H31N3O2/c1-14-11-15-13-23(10-7-17(15)18(21)12-14)16-5-8-22(9-6-16)19(24)25-20(2,3)4/h11-12,16H,5-10,13,21H2,1-4H3. The van der Waals surface area contributed by atoms with Crippen molar-refractivity contribution in [1.29, 1.82) is 0 Å². The van der Waals surface area contributed by atoms with E-state index in [1.807, 2.05) is 25.7 Å². The number of anilines is 1. The molecule has 138 valence electrons. The number of carbonyl (C=O) groups excluding carboxylic acids is 1. The minimum atomic E-state index is -0.428. The number of hydrogen-bond acceptors (Lipinski definition) is 4. The van der Waals surface area contributed by atoms with E-state index in [1.54, 1.807) is 0 Å². The molecule has 2 aliphatic heterocycles. The Morgan fingerprint density at radius 2 is 1.88 bits per heavy atom. The number of likely N-dealkylation sites (tertiary alicyclic amines) is 1. The lowest BCUT2D eigenvalue weighted by Gasteiger charge is -2.41. The molecule has 0 bridgehead atoms. The van der Waals surface area contributed by atoms with E-state index in [1.165, 1.54) is 16.7 Å². The van der Waals surface area contributed by atoms with E-state index in [0.717, 1.165) is 51.1 Å². The van der Waals surface area contributed by atoms with Crippen LogP contribution in [0, 0.1) is 6.92 Å². The summed E-state index contributed by atoms with van der Waals surface area (Å²) >= 11 is 0. The number of ether oxygens (including phenoxy) is 1. The molecule has 2 N–H and O–H groups in total. The molecule has 1 aromatic carbocycles. The summed E-state index contributed by atoms with van der Waals surface area (Å²) in [5.41, 5.74) is 10.6. The lowest BCUT2D eigenvalue weighted by molar-refractivity contribution is 0.0134. The molecule has 2 heterocycles. The number of nitrogen functional groups attached to an aromatic ring is 1. The number of carbonyl (C=O) groups is 1. The van der Waals surface area contributed by atoms with Gasteiger partial charge in [-0.25, -0.2) is 4.79 Å². The second-order valence-corrected chi connectivity index (χ2v) is 8.41. The SMILES string of the molecule is Cc1cc(N)c2c(c1)CN(C1CCN(C(=O)OC(C)(C)C)CC1)CC2. The molecular weight excluding hydrogens is 314 g/mol. The van der Waals surface area contributed by atoms with E-state index in [9.17, 15) is 4.79 Å². The number of nitrogens with zero attached hydrogens (tertiary/aromatic N) is 2. The van der Waals surface area contributed by atoms with E-state index in [-0.39, 0.29) is 6.09 Å². The van der Waals surface area contributed by atoms with Gasteiger partial charge in [0.2, 0.25) is 0 Å². The van der Waals surface area contributed by atoms with E-state index < -0.39 is 5.60 Å². The summed E-state index contributed by atoms with van der Waals surface area (Å²) in [4.78, 5) is 16.6. The first-order valence-electron chi connectivity index (χ1n) is 9.33. The third-order valence-corrected chi connectivity index (χ3v) is 5.18. The lowest BCUT2D eigenvalue weighted by Crippen LogP contribution is -2.49. The van der Waals surface area contributed by atoms with Crippen LogP contribution in [0.4, 0.5) is 10.5 Å². The molecule has 1 aromatic rings. The molecule has 0 unspecified atom stereocenters. The second kappa shape index (κ2) is 6.87. The molecule has 0 aromatic heterocycles. The van der Waals surface area contributed by atoms with Gasteiger partial charge in [-0.05, 0) is 69.7 Å². The van der Waals surface area contributed by atoms with Crippen LogP contribution in [-0.2, 0) is 17.7 Å². The summed E-state index contributed by atoms with van der Waals surface area (Å²) < 4.78 is 5.49. The number of benzene rings is 1. The first kappa shape index (κ1) is 18.1. The van der Waals surface area contributed by atoms with Crippen LogP contribution in [0.25, 0.3) is 0 Å². The predicted octanol–water partition coefficient (Wildman–Crippen LogP) is 3.33. The van der Waals surface area contributed by atoms with Crippen molar-refractivity contribution in [2.24, 2.45) is 0 Å². The molecule has 3 rings (SSSR count). The van der Waals surface area contributed by atoms with Gasteiger partial charge in [0.1, 0.15) is 5.60 Å². The molecule has 1 saturated heterocycles. The average Bonchev–Trinajstić information content (AvgIpc) is 2.52. The molecule has 1 amide bonds. The molecule has 2 aliphatic rings. The van der Waals surface area contributed by atoms with Crippen LogP contribution in [0.1, 0.15) is 50.3 Å². The molecule has 1 fully saturated rings. The molecule has 0 radical (unpaired) electrons. The Morgan fingerprint density at radius 3 is 2.52 bits per heavy atom. The maximum Gasteiger partial charge on any atom is 0.410 e. The fourth-order valence-corrected chi connectivity index (χ4v) is 3.97. The zero-order chi connectivity index (χ0) is 18.2. The van der Waals surface area contributed by atoms with Crippen molar-refractivity contribution in [3.05, 3.63) is 28.8 Å².